The molecule has 0 saturated carbocycles. The first-order valence-electron chi connectivity index (χ1n) is 16.6. The van der Waals surface area contributed by atoms with Crippen LogP contribution in [0.5, 0.6) is 11.5 Å². The van der Waals surface area contributed by atoms with Crippen molar-refractivity contribution in [2.75, 3.05) is 36.0 Å². The monoisotopic (exact) mass is 707 g/mol. The van der Waals surface area contributed by atoms with Gasteiger partial charge in [-0.1, -0.05) is 89.9 Å². The van der Waals surface area contributed by atoms with Crippen LogP contribution in [0.4, 0.5) is 11.4 Å². The molecule has 3 N–H and O–H groups in total. The minimum absolute atomic E-state index is 0.0169. The highest BCUT2D eigenvalue weighted by atomic mass is 35.5. The lowest BCUT2D eigenvalue weighted by atomic mass is 10.0. The van der Waals surface area contributed by atoms with Crippen LogP contribution in [0.1, 0.15) is 24.0 Å². The predicted octanol–water partition coefficient (Wildman–Crippen LogP) is 8.08. The number of hydrazine groups is 1. The van der Waals surface area contributed by atoms with E-state index in [0.717, 1.165) is 35.3 Å². The predicted molar refractivity (Wildman–Crippen MR) is 202 cm³/mol. The fraction of sp³-hybridized carbons (Fsp3) is 0.200. The van der Waals surface area contributed by atoms with Crippen LogP contribution in [0.25, 0.3) is 11.1 Å². The molecule has 0 bridgehead atoms. The molecule has 0 atom stereocenters. The minimum atomic E-state index is -0.206. The molecule has 0 radical (unpaired) electrons. The van der Waals surface area contributed by atoms with Gasteiger partial charge < -0.3 is 20.3 Å². The van der Waals surface area contributed by atoms with Gasteiger partial charge in [-0.25, -0.2) is 5.01 Å². The number of ether oxygens (including phenoxy) is 1. The molecular formula is C40H39Cl2N5O3. The van der Waals surface area contributed by atoms with Gasteiger partial charge in [0.1, 0.15) is 5.75 Å². The van der Waals surface area contributed by atoms with Crippen molar-refractivity contribution in [1.82, 2.24) is 10.4 Å². The van der Waals surface area contributed by atoms with Crippen LogP contribution in [0.3, 0.4) is 0 Å². The van der Waals surface area contributed by atoms with Gasteiger partial charge in [-0.2, -0.15) is 0 Å². The number of nitrogens with one attached hydrogen (secondary N) is 1. The zero-order chi connectivity index (χ0) is 34.9. The Kier molecular flexibility index (Phi) is 11.7. The molecule has 5 aromatic rings. The minimum Gasteiger partial charge on any atom is -0.455 e. The molecule has 10 heteroatoms. The van der Waals surface area contributed by atoms with E-state index >= 15 is 0 Å². The van der Waals surface area contributed by atoms with Crippen molar-refractivity contribution in [3.8, 4) is 22.6 Å². The van der Waals surface area contributed by atoms with Gasteiger partial charge in [0.2, 0.25) is 11.8 Å². The van der Waals surface area contributed by atoms with Gasteiger partial charge in [-0.05, 0) is 71.3 Å². The molecule has 0 aliphatic carbocycles. The standard InChI is InChI=1S/C40H39Cl2N5O3/c41-32-17-18-36(42)35(26-32)31-15-13-29(14-16-31)28-47(37-11-4-5-12-38(37)50-34-10-6-7-30(25-34)27-43)40(49)20-19-39(48)44-46-23-21-45(22-24-46)33-8-2-1-3-9-33/h1-18,25-26H,19-24,27-28,43H2,(H,44,48). The Morgan fingerprint density at radius 3 is 2.26 bits per heavy atom. The van der Waals surface area contributed by atoms with Gasteiger partial charge in [0.25, 0.3) is 0 Å². The van der Waals surface area contributed by atoms with Crippen LogP contribution in [-0.4, -0.2) is 43.0 Å². The molecule has 1 fully saturated rings. The maximum atomic E-state index is 14.0. The van der Waals surface area contributed by atoms with Crippen molar-refractivity contribution < 1.29 is 14.3 Å². The second kappa shape index (κ2) is 16.7. The third-order valence-corrected chi connectivity index (χ3v) is 9.17. The number of benzene rings is 5. The van der Waals surface area contributed by atoms with Crippen LogP contribution in [0, 0.1) is 0 Å². The summed E-state index contributed by atoms with van der Waals surface area (Å²) >= 11 is 12.7. The van der Waals surface area contributed by atoms with Crippen LogP contribution >= 0.6 is 23.2 Å². The largest absolute Gasteiger partial charge is 0.455 e. The third kappa shape index (κ3) is 9.02. The smallest absolute Gasteiger partial charge is 0.234 e. The topological polar surface area (TPSA) is 91.1 Å². The molecule has 1 aliphatic heterocycles. The highest BCUT2D eigenvalue weighted by Gasteiger charge is 2.23. The first-order valence-corrected chi connectivity index (χ1v) is 17.4. The fourth-order valence-electron chi connectivity index (χ4n) is 5.93. The number of hydrogen-bond donors (Lipinski definition) is 2. The average Bonchev–Trinajstić information content (AvgIpc) is 3.15. The molecule has 0 spiro atoms. The number of rotatable bonds is 12. The number of carbonyl (C=O) groups is 2. The summed E-state index contributed by atoms with van der Waals surface area (Å²) in [6.07, 6.45) is 0.0605. The Hall–Kier alpha value is -4.86. The number of halogens is 2. The van der Waals surface area contributed by atoms with Gasteiger partial charge in [0.15, 0.2) is 5.75 Å². The Morgan fingerprint density at radius 2 is 1.50 bits per heavy atom. The van der Waals surface area contributed by atoms with Gasteiger partial charge in [-0.3, -0.25) is 15.0 Å². The Bertz CT molecular complexity index is 1910. The third-order valence-electron chi connectivity index (χ3n) is 8.60. The summed E-state index contributed by atoms with van der Waals surface area (Å²) in [5.74, 6) is 0.723. The molecule has 2 amide bonds. The first-order chi connectivity index (χ1) is 24.4. The number of carbonyl (C=O) groups excluding carboxylic acids is 2. The molecule has 8 nitrogen and oxygen atoms in total. The van der Waals surface area contributed by atoms with Crippen molar-refractivity contribution in [1.29, 1.82) is 0 Å². The summed E-state index contributed by atoms with van der Waals surface area (Å²) in [5, 5.41) is 3.12. The lowest BCUT2D eigenvalue weighted by Gasteiger charge is -2.36. The maximum Gasteiger partial charge on any atom is 0.234 e. The number of piperazine rings is 1. The molecule has 1 saturated heterocycles. The van der Waals surface area contributed by atoms with Gasteiger partial charge in [0, 0.05) is 66.9 Å². The average molecular weight is 709 g/mol. The van der Waals surface area contributed by atoms with E-state index in [0.29, 0.717) is 46.9 Å². The Morgan fingerprint density at radius 1 is 0.760 bits per heavy atom. The van der Waals surface area contributed by atoms with Crippen molar-refractivity contribution in [2.24, 2.45) is 5.73 Å². The lowest BCUT2D eigenvalue weighted by molar-refractivity contribution is -0.128. The van der Waals surface area contributed by atoms with Crippen molar-refractivity contribution >= 4 is 46.4 Å². The lowest BCUT2D eigenvalue weighted by Crippen LogP contribution is -2.53. The number of nitrogens with zero attached hydrogens (tertiary/aromatic N) is 3. The van der Waals surface area contributed by atoms with Crippen molar-refractivity contribution in [2.45, 2.75) is 25.9 Å². The molecule has 50 heavy (non-hydrogen) atoms. The Labute approximate surface area is 302 Å². The van der Waals surface area contributed by atoms with Crippen LogP contribution in [0.15, 0.2) is 121 Å². The number of hydrogen-bond acceptors (Lipinski definition) is 6. The molecule has 0 unspecified atom stereocenters. The summed E-state index contributed by atoms with van der Waals surface area (Å²) < 4.78 is 6.32. The number of amides is 2. The SMILES string of the molecule is NCc1cccc(Oc2ccccc2N(Cc2ccc(-c3cc(Cl)ccc3Cl)cc2)C(=O)CCC(=O)NN2CCN(c3ccccc3)CC2)c1. The molecule has 256 valence electrons. The van der Waals surface area contributed by atoms with Gasteiger partial charge in [0.05, 0.1) is 12.2 Å². The van der Waals surface area contributed by atoms with E-state index in [1.165, 1.54) is 5.69 Å². The van der Waals surface area contributed by atoms with E-state index in [-0.39, 0.29) is 31.2 Å². The highest BCUT2D eigenvalue weighted by Crippen LogP contribution is 2.35. The van der Waals surface area contributed by atoms with E-state index < -0.39 is 0 Å². The molecular weight excluding hydrogens is 669 g/mol. The summed E-state index contributed by atoms with van der Waals surface area (Å²) in [5.41, 5.74) is 14.2. The summed E-state index contributed by atoms with van der Waals surface area (Å²) in [7, 11) is 0. The summed E-state index contributed by atoms with van der Waals surface area (Å²) in [4.78, 5) is 31.1. The van der Waals surface area contributed by atoms with Crippen LogP contribution < -0.4 is 25.7 Å². The van der Waals surface area contributed by atoms with E-state index in [1.807, 2.05) is 102 Å². The van der Waals surface area contributed by atoms with Crippen molar-refractivity contribution in [3.05, 3.63) is 142 Å². The van der Waals surface area contributed by atoms with E-state index in [1.54, 1.807) is 17.0 Å². The zero-order valence-electron chi connectivity index (χ0n) is 27.6. The molecule has 5 aromatic carbocycles. The molecule has 0 aromatic heterocycles. The van der Waals surface area contributed by atoms with E-state index in [9.17, 15) is 9.59 Å². The first kappa shape index (κ1) is 35.0. The number of anilines is 2. The molecule has 6 rings (SSSR count). The van der Waals surface area contributed by atoms with Crippen molar-refractivity contribution in [3.63, 3.8) is 0 Å². The Balaban J connectivity index is 1.17. The normalized spacial score (nSPS) is 13.1. The quantitative estimate of drug-likeness (QED) is 0.136. The second-order valence-electron chi connectivity index (χ2n) is 12.1. The number of para-hydroxylation sites is 3. The van der Waals surface area contributed by atoms with E-state index in [4.69, 9.17) is 33.7 Å². The van der Waals surface area contributed by atoms with E-state index in [2.05, 4.69) is 22.5 Å². The fourth-order valence-corrected chi connectivity index (χ4v) is 6.33. The molecule has 1 aliphatic rings. The highest BCUT2D eigenvalue weighted by molar-refractivity contribution is 6.35. The van der Waals surface area contributed by atoms with Gasteiger partial charge >= 0.3 is 0 Å². The van der Waals surface area contributed by atoms with Crippen LogP contribution in [-0.2, 0) is 22.7 Å². The zero-order valence-corrected chi connectivity index (χ0v) is 29.1. The summed E-state index contributed by atoms with van der Waals surface area (Å²) in [6, 6.07) is 38.4. The molecule has 1 heterocycles. The van der Waals surface area contributed by atoms with Gasteiger partial charge in [-0.15, -0.1) is 0 Å². The second-order valence-corrected chi connectivity index (χ2v) is 12.9. The maximum absolute atomic E-state index is 14.0. The van der Waals surface area contributed by atoms with Crippen LogP contribution in [0.2, 0.25) is 10.0 Å². The number of nitrogens with two attached hydrogens (primary N) is 1. The summed E-state index contributed by atoms with van der Waals surface area (Å²) in [6.45, 7) is 3.61.